The first-order valence-corrected chi connectivity index (χ1v) is 7.57. The van der Waals surface area contributed by atoms with Gasteiger partial charge < -0.3 is 16.0 Å². The van der Waals surface area contributed by atoms with Crippen molar-refractivity contribution in [1.29, 1.82) is 0 Å². The average Bonchev–Trinajstić information content (AvgIpc) is 2.54. The lowest BCUT2D eigenvalue weighted by Crippen LogP contribution is -2.23. The second-order valence-corrected chi connectivity index (χ2v) is 5.21. The maximum atomic E-state index is 11.9. The summed E-state index contributed by atoms with van der Waals surface area (Å²) in [6, 6.07) is 14.7. The summed E-state index contributed by atoms with van der Waals surface area (Å²) in [5.41, 5.74) is 3.28. The minimum Gasteiger partial charge on any atom is -0.376 e. The smallest absolute Gasteiger partial charge is 0.251 e. The Balaban J connectivity index is 1.86. The summed E-state index contributed by atoms with van der Waals surface area (Å²) in [6.07, 6.45) is 0. The Morgan fingerprint density at radius 3 is 2.39 bits per heavy atom. The van der Waals surface area contributed by atoms with Crippen LogP contribution in [0.3, 0.4) is 0 Å². The minimum atomic E-state index is -0.141. The normalized spacial score (nSPS) is 10.0. The van der Waals surface area contributed by atoms with E-state index in [0.29, 0.717) is 17.8 Å². The second kappa shape index (κ2) is 7.98. The van der Waals surface area contributed by atoms with Crippen molar-refractivity contribution in [3.63, 3.8) is 0 Å². The van der Waals surface area contributed by atoms with E-state index in [1.807, 2.05) is 38.1 Å². The van der Waals surface area contributed by atoms with Crippen molar-refractivity contribution in [3.05, 3.63) is 59.7 Å². The van der Waals surface area contributed by atoms with Crippen LogP contribution in [0.5, 0.6) is 0 Å². The number of rotatable bonds is 6. The van der Waals surface area contributed by atoms with Crippen molar-refractivity contribution in [1.82, 2.24) is 5.32 Å². The zero-order chi connectivity index (χ0) is 16.7. The molecule has 0 aliphatic heterocycles. The lowest BCUT2D eigenvalue weighted by Gasteiger charge is -2.09. The molecule has 5 heteroatoms. The Morgan fingerprint density at radius 1 is 1.00 bits per heavy atom. The molecule has 2 amide bonds. The lowest BCUT2D eigenvalue weighted by molar-refractivity contribution is -0.114. The number of nitrogens with one attached hydrogen (secondary N) is 3. The van der Waals surface area contributed by atoms with Gasteiger partial charge in [0.2, 0.25) is 5.91 Å². The Hall–Kier alpha value is -2.82. The highest BCUT2D eigenvalue weighted by atomic mass is 16.2. The number of carbonyl (C=O) groups is 2. The summed E-state index contributed by atoms with van der Waals surface area (Å²) in [4.78, 5) is 23.6. The molecule has 0 saturated heterocycles. The van der Waals surface area contributed by atoms with Crippen molar-refractivity contribution in [2.75, 3.05) is 23.7 Å². The van der Waals surface area contributed by atoms with Gasteiger partial charge in [0.25, 0.3) is 5.91 Å². The number of benzene rings is 2. The molecular weight excluding hydrogens is 290 g/mol. The van der Waals surface area contributed by atoms with Crippen LogP contribution in [-0.4, -0.2) is 24.9 Å². The molecule has 5 nitrogen and oxygen atoms in total. The third-order valence-electron chi connectivity index (χ3n) is 3.24. The molecule has 2 aromatic carbocycles. The molecule has 0 atom stereocenters. The SMILES string of the molecule is CCNC(=O)c1ccc(NC(=O)CNc2cccc(C)c2)cc1. The maximum Gasteiger partial charge on any atom is 0.251 e. The van der Waals surface area contributed by atoms with Gasteiger partial charge in [0.05, 0.1) is 6.54 Å². The highest BCUT2D eigenvalue weighted by Crippen LogP contribution is 2.11. The summed E-state index contributed by atoms with van der Waals surface area (Å²) < 4.78 is 0. The molecule has 120 valence electrons. The van der Waals surface area contributed by atoms with Gasteiger partial charge in [-0.05, 0) is 55.8 Å². The van der Waals surface area contributed by atoms with Crippen LogP contribution in [0, 0.1) is 6.92 Å². The molecule has 0 spiro atoms. The van der Waals surface area contributed by atoms with E-state index in [1.165, 1.54) is 0 Å². The molecular formula is C18H21N3O2. The van der Waals surface area contributed by atoms with E-state index in [2.05, 4.69) is 16.0 Å². The van der Waals surface area contributed by atoms with Gasteiger partial charge in [0, 0.05) is 23.5 Å². The zero-order valence-electron chi connectivity index (χ0n) is 13.3. The number of anilines is 2. The first kappa shape index (κ1) is 16.5. The number of amides is 2. The highest BCUT2D eigenvalue weighted by molar-refractivity contribution is 5.96. The van der Waals surface area contributed by atoms with E-state index in [0.717, 1.165) is 11.3 Å². The molecule has 0 aliphatic carbocycles. The Bertz CT molecular complexity index is 681. The van der Waals surface area contributed by atoms with Crippen molar-refractivity contribution in [2.24, 2.45) is 0 Å². The zero-order valence-corrected chi connectivity index (χ0v) is 13.3. The quantitative estimate of drug-likeness (QED) is 0.768. The topological polar surface area (TPSA) is 70.2 Å². The number of carbonyl (C=O) groups excluding carboxylic acids is 2. The third kappa shape index (κ3) is 5.14. The molecule has 0 aliphatic rings. The predicted octanol–water partition coefficient (Wildman–Crippen LogP) is 2.80. The van der Waals surface area contributed by atoms with Gasteiger partial charge in [-0.25, -0.2) is 0 Å². The van der Waals surface area contributed by atoms with Crippen LogP contribution in [0.4, 0.5) is 11.4 Å². The summed E-state index contributed by atoms with van der Waals surface area (Å²) in [5, 5.41) is 8.60. The van der Waals surface area contributed by atoms with Crippen LogP contribution in [0.25, 0.3) is 0 Å². The summed E-state index contributed by atoms with van der Waals surface area (Å²) in [7, 11) is 0. The summed E-state index contributed by atoms with van der Waals surface area (Å²) >= 11 is 0. The molecule has 0 bridgehead atoms. The van der Waals surface area contributed by atoms with E-state index < -0.39 is 0 Å². The lowest BCUT2D eigenvalue weighted by atomic mass is 10.2. The Morgan fingerprint density at radius 2 is 1.74 bits per heavy atom. The summed E-state index contributed by atoms with van der Waals surface area (Å²) in [6.45, 7) is 4.64. The predicted molar refractivity (Wildman–Crippen MR) is 92.7 cm³/mol. The van der Waals surface area contributed by atoms with Gasteiger partial charge in [-0.15, -0.1) is 0 Å². The van der Waals surface area contributed by atoms with Crippen molar-refractivity contribution in [2.45, 2.75) is 13.8 Å². The average molecular weight is 311 g/mol. The van der Waals surface area contributed by atoms with Crippen LogP contribution < -0.4 is 16.0 Å². The number of hydrogen-bond donors (Lipinski definition) is 3. The minimum absolute atomic E-state index is 0.119. The van der Waals surface area contributed by atoms with Crippen LogP contribution in [0.15, 0.2) is 48.5 Å². The van der Waals surface area contributed by atoms with Gasteiger partial charge in [-0.1, -0.05) is 12.1 Å². The van der Waals surface area contributed by atoms with E-state index in [9.17, 15) is 9.59 Å². The van der Waals surface area contributed by atoms with Crippen LogP contribution in [-0.2, 0) is 4.79 Å². The molecule has 0 heterocycles. The molecule has 0 unspecified atom stereocenters. The van der Waals surface area contributed by atoms with Gasteiger partial charge in [-0.3, -0.25) is 9.59 Å². The van der Waals surface area contributed by atoms with Crippen molar-refractivity contribution >= 4 is 23.2 Å². The van der Waals surface area contributed by atoms with Crippen LogP contribution >= 0.6 is 0 Å². The summed E-state index contributed by atoms with van der Waals surface area (Å²) in [5.74, 6) is -0.260. The second-order valence-electron chi connectivity index (χ2n) is 5.21. The van der Waals surface area contributed by atoms with E-state index in [-0.39, 0.29) is 18.4 Å². The number of aryl methyl sites for hydroxylation is 1. The Kier molecular flexibility index (Phi) is 5.74. The van der Waals surface area contributed by atoms with E-state index >= 15 is 0 Å². The molecule has 2 rings (SSSR count). The number of hydrogen-bond acceptors (Lipinski definition) is 3. The largest absolute Gasteiger partial charge is 0.376 e. The van der Waals surface area contributed by atoms with Crippen molar-refractivity contribution < 1.29 is 9.59 Å². The van der Waals surface area contributed by atoms with Gasteiger partial charge in [0.1, 0.15) is 0 Å². The van der Waals surface area contributed by atoms with E-state index in [4.69, 9.17) is 0 Å². The van der Waals surface area contributed by atoms with Crippen LogP contribution in [0.2, 0.25) is 0 Å². The first-order valence-electron chi connectivity index (χ1n) is 7.57. The van der Waals surface area contributed by atoms with Crippen LogP contribution in [0.1, 0.15) is 22.8 Å². The van der Waals surface area contributed by atoms with Gasteiger partial charge in [0.15, 0.2) is 0 Å². The molecule has 23 heavy (non-hydrogen) atoms. The molecule has 0 radical (unpaired) electrons. The Labute approximate surface area is 136 Å². The fourth-order valence-electron chi connectivity index (χ4n) is 2.11. The maximum absolute atomic E-state index is 11.9. The molecule has 2 aromatic rings. The fraction of sp³-hybridized carbons (Fsp3) is 0.222. The standard InChI is InChI=1S/C18H21N3O2/c1-3-19-18(23)14-7-9-15(10-8-14)21-17(22)12-20-16-6-4-5-13(2)11-16/h4-11,20H,3,12H2,1-2H3,(H,19,23)(H,21,22). The highest BCUT2D eigenvalue weighted by Gasteiger charge is 2.05. The first-order chi connectivity index (χ1) is 11.1. The molecule has 0 saturated carbocycles. The third-order valence-corrected chi connectivity index (χ3v) is 3.24. The fourth-order valence-corrected chi connectivity index (χ4v) is 2.11. The van der Waals surface area contributed by atoms with E-state index in [1.54, 1.807) is 24.3 Å². The van der Waals surface area contributed by atoms with Crippen molar-refractivity contribution in [3.8, 4) is 0 Å². The van der Waals surface area contributed by atoms with Gasteiger partial charge in [-0.2, -0.15) is 0 Å². The monoisotopic (exact) mass is 311 g/mol. The molecule has 3 N–H and O–H groups in total. The molecule has 0 aromatic heterocycles. The molecule has 0 fully saturated rings. The van der Waals surface area contributed by atoms with Gasteiger partial charge >= 0.3 is 0 Å².